The van der Waals surface area contributed by atoms with E-state index in [9.17, 15) is 18.0 Å². The van der Waals surface area contributed by atoms with E-state index in [1.54, 1.807) is 30.3 Å². The molecular weight excluding hydrogens is 371 g/mol. The molecular formula is C18H13ClF3NO3. The second kappa shape index (κ2) is 6.92. The van der Waals surface area contributed by atoms with Crippen molar-refractivity contribution < 1.29 is 27.8 Å². The summed E-state index contributed by atoms with van der Waals surface area (Å²) in [6, 6.07) is 12.7. The maximum atomic E-state index is 12.4. The number of aromatic nitrogens is 1. The van der Waals surface area contributed by atoms with Gasteiger partial charge in [-0.2, -0.15) is 0 Å². The van der Waals surface area contributed by atoms with Gasteiger partial charge in [-0.05, 0) is 23.8 Å². The Morgan fingerprint density at radius 1 is 1.15 bits per heavy atom. The summed E-state index contributed by atoms with van der Waals surface area (Å²) in [5.41, 5.74) is 1.86. The molecule has 8 heteroatoms. The molecule has 1 aromatic heterocycles. The number of carboxylic acid groups (broad SMARTS) is 1. The fraction of sp³-hybridized carbons (Fsp3) is 0.167. The number of aliphatic carboxylic acids is 1. The van der Waals surface area contributed by atoms with Crippen molar-refractivity contribution in [3.05, 3.63) is 64.8 Å². The Kier molecular flexibility index (Phi) is 4.82. The predicted molar refractivity (Wildman–Crippen MR) is 90.5 cm³/mol. The molecule has 4 nitrogen and oxygen atoms in total. The van der Waals surface area contributed by atoms with Crippen LogP contribution in [-0.2, 0) is 17.8 Å². The van der Waals surface area contributed by atoms with Gasteiger partial charge in [0.05, 0.1) is 5.52 Å². The quantitative estimate of drug-likeness (QED) is 0.684. The van der Waals surface area contributed by atoms with Crippen LogP contribution < -0.4 is 4.74 Å². The van der Waals surface area contributed by atoms with Gasteiger partial charge in [0, 0.05) is 17.4 Å². The summed E-state index contributed by atoms with van der Waals surface area (Å²) in [6.45, 7) is -0.309. The topological polar surface area (TPSA) is 51.5 Å². The molecule has 0 fully saturated rings. The molecule has 0 saturated carbocycles. The third-order valence-electron chi connectivity index (χ3n) is 3.81. The first-order valence-electron chi connectivity index (χ1n) is 7.56. The molecule has 3 rings (SSSR count). The van der Waals surface area contributed by atoms with E-state index < -0.39 is 12.3 Å². The Labute approximate surface area is 151 Å². The van der Waals surface area contributed by atoms with Gasteiger partial charge in [0.2, 0.25) is 0 Å². The van der Waals surface area contributed by atoms with E-state index in [0.717, 1.165) is 5.39 Å². The Bertz CT molecular complexity index is 966. The van der Waals surface area contributed by atoms with Crippen LogP contribution in [-0.4, -0.2) is 22.0 Å². The summed E-state index contributed by atoms with van der Waals surface area (Å²) >= 11 is 6.38. The van der Waals surface area contributed by atoms with E-state index in [-0.39, 0.29) is 23.9 Å². The summed E-state index contributed by atoms with van der Waals surface area (Å²) in [5.74, 6) is -1.36. The summed E-state index contributed by atoms with van der Waals surface area (Å²) in [5, 5.41) is 10.1. The summed E-state index contributed by atoms with van der Waals surface area (Å²) < 4.78 is 42.6. The molecule has 0 radical (unpaired) electrons. The molecule has 0 bridgehead atoms. The molecule has 0 spiro atoms. The van der Waals surface area contributed by atoms with Gasteiger partial charge in [0.25, 0.3) is 0 Å². The number of alkyl halides is 3. The molecule has 0 saturated heterocycles. The van der Waals surface area contributed by atoms with Crippen LogP contribution in [0.3, 0.4) is 0 Å². The zero-order valence-corrected chi connectivity index (χ0v) is 14.0. The maximum absolute atomic E-state index is 12.4. The van der Waals surface area contributed by atoms with Gasteiger partial charge in [-0.15, -0.1) is 13.2 Å². The van der Waals surface area contributed by atoms with Gasteiger partial charge >= 0.3 is 12.3 Å². The van der Waals surface area contributed by atoms with Gasteiger partial charge in [-0.3, -0.25) is 4.79 Å². The maximum Gasteiger partial charge on any atom is 0.573 e. The number of para-hydroxylation sites is 1. The van der Waals surface area contributed by atoms with Gasteiger partial charge in [0.15, 0.2) is 0 Å². The van der Waals surface area contributed by atoms with Gasteiger partial charge in [-0.1, -0.05) is 41.9 Å². The molecule has 0 amide bonds. The second-order valence-electron chi connectivity index (χ2n) is 5.64. The molecule has 136 valence electrons. The van der Waals surface area contributed by atoms with Crippen LogP contribution >= 0.6 is 11.6 Å². The smallest absolute Gasteiger partial charge is 0.480 e. The van der Waals surface area contributed by atoms with Crippen molar-refractivity contribution in [1.82, 2.24) is 4.57 Å². The van der Waals surface area contributed by atoms with Gasteiger partial charge < -0.3 is 14.4 Å². The molecule has 1 N–H and O–H groups in total. The molecule has 0 unspecified atom stereocenters. The fourth-order valence-electron chi connectivity index (χ4n) is 2.86. The average Bonchev–Trinajstić information content (AvgIpc) is 2.79. The molecule has 3 aromatic rings. The molecule has 2 aromatic carbocycles. The van der Waals surface area contributed by atoms with Crippen LogP contribution in [0.5, 0.6) is 5.75 Å². The number of rotatable bonds is 5. The highest BCUT2D eigenvalue weighted by Crippen LogP contribution is 2.33. The minimum Gasteiger partial charge on any atom is -0.480 e. The number of fused-ring (bicyclic) bond motifs is 1. The number of carboxylic acids is 1. The summed E-state index contributed by atoms with van der Waals surface area (Å²) in [6.07, 6.45) is -4.53. The number of nitrogens with zero attached hydrogens (tertiary/aromatic N) is 1. The monoisotopic (exact) mass is 383 g/mol. The second-order valence-corrected chi connectivity index (χ2v) is 6.00. The highest BCUT2D eigenvalue weighted by molar-refractivity contribution is 6.32. The largest absolute Gasteiger partial charge is 0.573 e. The fourth-order valence-corrected chi connectivity index (χ4v) is 3.18. The zero-order valence-electron chi connectivity index (χ0n) is 13.3. The van der Waals surface area contributed by atoms with E-state index in [2.05, 4.69) is 4.74 Å². The highest BCUT2D eigenvalue weighted by Gasteiger charge is 2.31. The minimum atomic E-state index is -4.77. The van der Waals surface area contributed by atoms with Crippen LogP contribution in [0.2, 0.25) is 5.15 Å². The van der Waals surface area contributed by atoms with Crippen molar-refractivity contribution in [2.45, 2.75) is 19.3 Å². The average molecular weight is 384 g/mol. The van der Waals surface area contributed by atoms with Gasteiger partial charge in [0.1, 0.15) is 17.4 Å². The number of hydrogen-bond acceptors (Lipinski definition) is 2. The van der Waals surface area contributed by atoms with Crippen LogP contribution in [0.25, 0.3) is 10.9 Å². The lowest BCUT2D eigenvalue weighted by atomic mass is 10.0. The molecule has 0 aliphatic heterocycles. The molecule has 0 aliphatic rings. The van der Waals surface area contributed by atoms with Gasteiger partial charge in [-0.25, -0.2) is 0 Å². The lowest BCUT2D eigenvalue weighted by Gasteiger charge is -2.10. The first-order valence-corrected chi connectivity index (χ1v) is 7.94. The summed E-state index contributed by atoms with van der Waals surface area (Å²) in [7, 11) is 0. The Balaban J connectivity index is 2.00. The van der Waals surface area contributed by atoms with E-state index in [1.165, 1.54) is 22.8 Å². The highest BCUT2D eigenvalue weighted by atomic mass is 35.5. The number of carbonyl (C=O) groups is 1. The Morgan fingerprint density at radius 3 is 2.58 bits per heavy atom. The lowest BCUT2D eigenvalue weighted by Crippen LogP contribution is -2.17. The molecule has 0 atom stereocenters. The van der Waals surface area contributed by atoms with Crippen molar-refractivity contribution in [1.29, 1.82) is 0 Å². The first kappa shape index (κ1) is 18.1. The third-order valence-corrected chi connectivity index (χ3v) is 4.24. The lowest BCUT2D eigenvalue weighted by molar-refractivity contribution is -0.274. The molecule has 0 aliphatic carbocycles. The molecule has 26 heavy (non-hydrogen) atoms. The number of ether oxygens (including phenoxy) is 1. The third kappa shape index (κ3) is 3.94. The SMILES string of the molecule is O=C(O)Cn1c(Cl)c(Cc2cccc(OC(F)(F)F)c2)c2ccccc21. The summed E-state index contributed by atoms with van der Waals surface area (Å²) in [4.78, 5) is 11.1. The minimum absolute atomic E-state index is 0.237. The zero-order chi connectivity index (χ0) is 18.9. The van der Waals surface area contributed by atoms with Crippen molar-refractivity contribution in [2.24, 2.45) is 0 Å². The van der Waals surface area contributed by atoms with Crippen molar-refractivity contribution in [2.75, 3.05) is 0 Å². The van der Waals surface area contributed by atoms with E-state index in [1.807, 2.05) is 0 Å². The van der Waals surface area contributed by atoms with E-state index in [0.29, 0.717) is 16.6 Å². The predicted octanol–water partition coefficient (Wildman–Crippen LogP) is 4.87. The standard InChI is InChI=1S/C18H13ClF3NO3/c19-17-14(9-11-4-3-5-12(8-11)26-18(20,21)22)13-6-1-2-7-15(13)23(17)10-16(24)25/h1-8H,9-10H2,(H,24,25). The van der Waals surface area contributed by atoms with Crippen molar-refractivity contribution >= 4 is 28.5 Å². The number of hydrogen-bond donors (Lipinski definition) is 1. The normalized spacial score (nSPS) is 11.7. The number of halogens is 4. The first-order chi connectivity index (χ1) is 12.2. The molecule has 1 heterocycles. The van der Waals surface area contributed by atoms with Crippen LogP contribution in [0, 0.1) is 0 Å². The van der Waals surface area contributed by atoms with E-state index in [4.69, 9.17) is 16.7 Å². The van der Waals surface area contributed by atoms with Crippen molar-refractivity contribution in [3.63, 3.8) is 0 Å². The van der Waals surface area contributed by atoms with E-state index >= 15 is 0 Å². The van der Waals surface area contributed by atoms with Crippen LogP contribution in [0.15, 0.2) is 48.5 Å². The van der Waals surface area contributed by atoms with Crippen molar-refractivity contribution in [3.8, 4) is 5.75 Å². The Hall–Kier alpha value is -2.67. The van der Waals surface area contributed by atoms with Crippen LogP contribution in [0.1, 0.15) is 11.1 Å². The van der Waals surface area contributed by atoms with Crippen LogP contribution in [0.4, 0.5) is 13.2 Å². The Morgan fingerprint density at radius 2 is 1.88 bits per heavy atom. The number of benzene rings is 2.